The second-order valence-electron chi connectivity index (χ2n) is 5.27. The number of thiazole rings is 1. The van der Waals surface area contributed by atoms with Crippen LogP contribution >= 0.6 is 34.4 Å². The molecule has 3 aromatic heterocycles. The number of aryl methyl sites for hydroxylation is 2. The van der Waals surface area contributed by atoms with Crippen LogP contribution in [0.25, 0.3) is 10.2 Å². The molecular formula is C15H14N4OS3. The van der Waals surface area contributed by atoms with E-state index in [0.717, 1.165) is 27.7 Å². The van der Waals surface area contributed by atoms with Gasteiger partial charge in [-0.25, -0.2) is 9.97 Å². The monoisotopic (exact) mass is 362 g/mol. The molecule has 1 aliphatic carbocycles. The molecule has 1 amide bonds. The molecule has 0 atom stereocenters. The molecule has 0 unspecified atom stereocenters. The summed E-state index contributed by atoms with van der Waals surface area (Å²) in [6.45, 7) is 0. The van der Waals surface area contributed by atoms with Gasteiger partial charge in [0, 0.05) is 10.3 Å². The molecule has 0 fully saturated rings. The van der Waals surface area contributed by atoms with E-state index >= 15 is 0 Å². The van der Waals surface area contributed by atoms with Crippen LogP contribution in [-0.4, -0.2) is 26.6 Å². The third-order valence-corrected chi connectivity index (χ3v) is 6.63. The Balaban J connectivity index is 1.54. The van der Waals surface area contributed by atoms with Crippen LogP contribution < -0.4 is 5.32 Å². The zero-order chi connectivity index (χ0) is 15.6. The van der Waals surface area contributed by atoms with Gasteiger partial charge in [0.25, 0.3) is 0 Å². The number of carbonyl (C=O) groups is 1. The summed E-state index contributed by atoms with van der Waals surface area (Å²) in [5.74, 6) is 0.310. The van der Waals surface area contributed by atoms with E-state index in [-0.39, 0.29) is 5.91 Å². The molecule has 0 aromatic carbocycles. The Hall–Kier alpha value is -1.51. The van der Waals surface area contributed by atoms with Gasteiger partial charge in [-0.05, 0) is 31.2 Å². The molecule has 0 aliphatic heterocycles. The Morgan fingerprint density at radius 2 is 2.22 bits per heavy atom. The summed E-state index contributed by atoms with van der Waals surface area (Å²) in [5.41, 5.74) is 3.11. The van der Waals surface area contributed by atoms with Gasteiger partial charge in [-0.3, -0.25) is 9.78 Å². The topological polar surface area (TPSA) is 67.8 Å². The maximum atomic E-state index is 12.1. The van der Waals surface area contributed by atoms with Crippen molar-refractivity contribution in [3.8, 4) is 0 Å². The summed E-state index contributed by atoms with van der Waals surface area (Å²) in [5, 5.41) is 5.72. The van der Waals surface area contributed by atoms with Gasteiger partial charge in [-0.1, -0.05) is 11.8 Å². The van der Waals surface area contributed by atoms with Gasteiger partial charge in [0.1, 0.15) is 21.2 Å². The minimum absolute atomic E-state index is 0.0323. The lowest BCUT2D eigenvalue weighted by Crippen LogP contribution is -2.13. The summed E-state index contributed by atoms with van der Waals surface area (Å²) in [4.78, 5) is 27.4. The number of rotatable bonds is 4. The number of carbonyl (C=O) groups excluding carboxylic acids is 1. The number of aromatic nitrogens is 3. The molecule has 5 nitrogen and oxygen atoms in total. The highest BCUT2D eigenvalue weighted by Crippen LogP contribution is 2.39. The van der Waals surface area contributed by atoms with E-state index in [1.807, 2.05) is 0 Å². The van der Waals surface area contributed by atoms with E-state index in [4.69, 9.17) is 0 Å². The Kier molecular flexibility index (Phi) is 4.28. The number of fused-ring (bicyclic) bond motifs is 3. The molecule has 0 bridgehead atoms. The van der Waals surface area contributed by atoms with Crippen molar-refractivity contribution in [3.05, 3.63) is 28.5 Å². The zero-order valence-electron chi connectivity index (χ0n) is 12.2. The van der Waals surface area contributed by atoms with Gasteiger partial charge in [0.2, 0.25) is 5.91 Å². The largest absolute Gasteiger partial charge is 0.316 e. The van der Waals surface area contributed by atoms with Crippen molar-refractivity contribution in [2.45, 2.75) is 30.7 Å². The van der Waals surface area contributed by atoms with E-state index in [1.165, 1.54) is 51.8 Å². The molecule has 3 aromatic rings. The first-order chi connectivity index (χ1) is 11.3. The number of anilines is 1. The smallest absolute Gasteiger partial charge is 0.235 e. The maximum Gasteiger partial charge on any atom is 0.235 e. The predicted molar refractivity (Wildman–Crippen MR) is 95.5 cm³/mol. The number of thioether (sulfide) groups is 1. The quantitative estimate of drug-likeness (QED) is 0.565. The predicted octanol–water partition coefficient (Wildman–Crippen LogP) is 3.76. The lowest BCUT2D eigenvalue weighted by atomic mass is 9.97. The zero-order valence-corrected chi connectivity index (χ0v) is 14.7. The number of thiophene rings is 1. The van der Waals surface area contributed by atoms with Gasteiger partial charge < -0.3 is 5.32 Å². The van der Waals surface area contributed by atoms with Crippen LogP contribution in [0.2, 0.25) is 0 Å². The summed E-state index contributed by atoms with van der Waals surface area (Å²) in [6, 6.07) is 0. The fourth-order valence-corrected chi connectivity index (χ4v) is 5.40. The van der Waals surface area contributed by atoms with Crippen molar-refractivity contribution in [1.82, 2.24) is 15.0 Å². The highest BCUT2D eigenvalue weighted by Gasteiger charge is 2.20. The van der Waals surface area contributed by atoms with E-state index in [0.29, 0.717) is 5.75 Å². The molecule has 118 valence electrons. The van der Waals surface area contributed by atoms with Crippen LogP contribution in [0.1, 0.15) is 23.3 Å². The van der Waals surface area contributed by atoms with Gasteiger partial charge in [-0.15, -0.1) is 22.7 Å². The molecule has 0 radical (unpaired) electrons. The molecule has 3 heterocycles. The molecule has 0 saturated heterocycles. The average molecular weight is 363 g/mol. The number of nitrogens with one attached hydrogen (secondary N) is 1. The Morgan fingerprint density at radius 1 is 1.30 bits per heavy atom. The van der Waals surface area contributed by atoms with Crippen LogP contribution in [0.3, 0.4) is 0 Å². The first-order valence-corrected chi connectivity index (χ1v) is 10.1. The van der Waals surface area contributed by atoms with Crippen molar-refractivity contribution in [1.29, 1.82) is 0 Å². The van der Waals surface area contributed by atoms with Crippen LogP contribution in [0.5, 0.6) is 0 Å². The normalized spacial score (nSPS) is 13.9. The van der Waals surface area contributed by atoms with E-state index in [2.05, 4.69) is 20.3 Å². The van der Waals surface area contributed by atoms with Crippen molar-refractivity contribution in [2.24, 2.45) is 0 Å². The SMILES string of the molecule is O=C(CSc1ncnc2sc3c(c12)CCCC3)Nc1cncs1. The second kappa shape index (κ2) is 6.54. The molecule has 1 N–H and O–H groups in total. The fourth-order valence-electron chi connectivity index (χ4n) is 2.76. The second-order valence-corrected chi connectivity index (χ2v) is 8.21. The van der Waals surface area contributed by atoms with Gasteiger partial charge in [0.15, 0.2) is 0 Å². The molecule has 1 aliphatic rings. The van der Waals surface area contributed by atoms with Crippen LogP contribution in [0.4, 0.5) is 5.00 Å². The van der Waals surface area contributed by atoms with E-state index in [9.17, 15) is 4.79 Å². The summed E-state index contributed by atoms with van der Waals surface area (Å²) < 4.78 is 0. The third-order valence-electron chi connectivity index (χ3n) is 3.75. The Labute approximate surface area is 145 Å². The third kappa shape index (κ3) is 3.11. The van der Waals surface area contributed by atoms with Gasteiger partial charge >= 0.3 is 0 Å². The summed E-state index contributed by atoms with van der Waals surface area (Å²) in [6.07, 6.45) is 7.99. The van der Waals surface area contributed by atoms with Crippen molar-refractivity contribution in [3.63, 3.8) is 0 Å². The molecule has 23 heavy (non-hydrogen) atoms. The summed E-state index contributed by atoms with van der Waals surface area (Å²) in [7, 11) is 0. The lowest BCUT2D eigenvalue weighted by Gasteiger charge is -2.11. The van der Waals surface area contributed by atoms with E-state index < -0.39 is 0 Å². The van der Waals surface area contributed by atoms with Crippen LogP contribution in [0, 0.1) is 0 Å². The van der Waals surface area contributed by atoms with Crippen molar-refractivity contribution in [2.75, 3.05) is 11.1 Å². The molecule has 4 rings (SSSR count). The highest BCUT2D eigenvalue weighted by atomic mass is 32.2. The standard InChI is InChI=1S/C15H14N4OS3/c20-11(19-12-5-16-8-22-12)6-21-14-13-9-3-1-2-4-10(9)23-15(13)18-7-17-14/h5,7-8H,1-4,6H2,(H,19,20). The summed E-state index contributed by atoms with van der Waals surface area (Å²) >= 11 is 4.68. The van der Waals surface area contributed by atoms with Gasteiger partial charge in [0.05, 0.1) is 17.5 Å². The molecular weight excluding hydrogens is 348 g/mol. The highest BCUT2D eigenvalue weighted by molar-refractivity contribution is 8.00. The van der Waals surface area contributed by atoms with Crippen LogP contribution in [0.15, 0.2) is 23.1 Å². The maximum absolute atomic E-state index is 12.1. The van der Waals surface area contributed by atoms with Crippen molar-refractivity contribution < 1.29 is 4.79 Å². The number of hydrogen-bond donors (Lipinski definition) is 1. The number of nitrogens with zero attached hydrogens (tertiary/aromatic N) is 3. The molecule has 0 saturated carbocycles. The lowest BCUT2D eigenvalue weighted by molar-refractivity contribution is -0.113. The Morgan fingerprint density at radius 3 is 3.09 bits per heavy atom. The van der Waals surface area contributed by atoms with E-state index in [1.54, 1.807) is 29.4 Å². The van der Waals surface area contributed by atoms with Crippen LogP contribution in [-0.2, 0) is 17.6 Å². The van der Waals surface area contributed by atoms with Gasteiger partial charge in [-0.2, -0.15) is 0 Å². The number of hydrogen-bond acceptors (Lipinski definition) is 7. The first kappa shape index (κ1) is 15.0. The fraction of sp³-hybridized carbons (Fsp3) is 0.333. The Bertz CT molecular complexity index is 844. The minimum Gasteiger partial charge on any atom is -0.316 e. The first-order valence-electron chi connectivity index (χ1n) is 7.37. The number of amides is 1. The average Bonchev–Trinajstić information content (AvgIpc) is 3.20. The minimum atomic E-state index is -0.0323. The molecule has 0 spiro atoms. The molecule has 8 heteroatoms. The van der Waals surface area contributed by atoms with Crippen molar-refractivity contribution >= 4 is 55.6 Å².